The second-order valence-electron chi connectivity index (χ2n) is 3.05. The van der Waals surface area contributed by atoms with Gasteiger partial charge in [-0.15, -0.1) is 0 Å². The zero-order chi connectivity index (χ0) is 12.1. The van der Waals surface area contributed by atoms with Gasteiger partial charge in [0.15, 0.2) is 0 Å². The molecule has 82 valence electrons. The number of aromatic carboxylic acids is 1. The summed E-state index contributed by atoms with van der Waals surface area (Å²) >= 11 is 0. The van der Waals surface area contributed by atoms with Crippen LogP contribution in [-0.2, 0) is 11.2 Å². The Labute approximate surface area is 91.9 Å². The van der Waals surface area contributed by atoms with E-state index in [4.69, 9.17) is 10.4 Å². The average Bonchev–Trinajstić information content (AvgIpc) is 2.28. The smallest absolute Gasteiger partial charge is 0.337 e. The molecule has 0 radical (unpaired) electrons. The van der Waals surface area contributed by atoms with Crippen molar-refractivity contribution in [3.63, 3.8) is 0 Å². The molecule has 5 heteroatoms. The van der Waals surface area contributed by atoms with Crippen LogP contribution in [0.2, 0.25) is 0 Å². The molecule has 1 N–H and O–H groups in total. The van der Waals surface area contributed by atoms with Crippen molar-refractivity contribution < 1.29 is 19.4 Å². The van der Waals surface area contributed by atoms with Gasteiger partial charge in [0.2, 0.25) is 0 Å². The molecule has 0 heterocycles. The van der Waals surface area contributed by atoms with Gasteiger partial charge < -0.3 is 9.84 Å². The number of carboxylic acids is 1. The molecular formula is C11H9NO4. The van der Waals surface area contributed by atoms with E-state index < -0.39 is 11.9 Å². The Morgan fingerprint density at radius 3 is 2.50 bits per heavy atom. The van der Waals surface area contributed by atoms with E-state index in [0.717, 1.165) is 0 Å². The third kappa shape index (κ3) is 2.58. The predicted molar refractivity (Wildman–Crippen MR) is 54.1 cm³/mol. The highest BCUT2D eigenvalue weighted by molar-refractivity contribution is 5.94. The summed E-state index contributed by atoms with van der Waals surface area (Å²) in [5.74, 6) is -1.77. The molecule has 0 amide bonds. The minimum atomic E-state index is -1.15. The van der Waals surface area contributed by atoms with Crippen LogP contribution in [0.4, 0.5) is 0 Å². The Morgan fingerprint density at radius 1 is 1.38 bits per heavy atom. The highest BCUT2D eigenvalue weighted by Gasteiger charge is 2.12. The summed E-state index contributed by atoms with van der Waals surface area (Å²) in [6, 6.07) is 5.91. The lowest BCUT2D eigenvalue weighted by atomic mass is 10.0. The molecular weight excluding hydrogens is 210 g/mol. The SMILES string of the molecule is COC(=O)c1cc(CC#N)cc(C(=O)O)c1. The molecule has 0 spiro atoms. The van der Waals surface area contributed by atoms with Crippen LogP contribution in [0.5, 0.6) is 0 Å². The summed E-state index contributed by atoms with van der Waals surface area (Å²) in [5, 5.41) is 17.3. The largest absolute Gasteiger partial charge is 0.478 e. The first kappa shape index (κ1) is 11.7. The number of rotatable bonds is 3. The van der Waals surface area contributed by atoms with Crippen LogP contribution in [0.3, 0.4) is 0 Å². The summed E-state index contributed by atoms with van der Waals surface area (Å²) in [5.41, 5.74) is 0.573. The Morgan fingerprint density at radius 2 is 2.00 bits per heavy atom. The Kier molecular flexibility index (Phi) is 3.62. The maximum Gasteiger partial charge on any atom is 0.337 e. The monoisotopic (exact) mass is 219 g/mol. The van der Waals surface area contributed by atoms with Crippen molar-refractivity contribution in [3.8, 4) is 6.07 Å². The number of carbonyl (C=O) groups excluding carboxylic acids is 1. The lowest BCUT2D eigenvalue weighted by molar-refractivity contribution is 0.0600. The van der Waals surface area contributed by atoms with Crippen LogP contribution in [0.15, 0.2) is 18.2 Å². The second kappa shape index (κ2) is 4.94. The molecule has 1 aromatic carbocycles. The molecule has 1 rings (SSSR count). The van der Waals surface area contributed by atoms with Crippen molar-refractivity contribution in [1.82, 2.24) is 0 Å². The third-order valence-corrected chi connectivity index (χ3v) is 1.94. The molecule has 0 fully saturated rings. The van der Waals surface area contributed by atoms with Crippen LogP contribution in [-0.4, -0.2) is 24.2 Å². The third-order valence-electron chi connectivity index (χ3n) is 1.94. The number of methoxy groups -OCH3 is 1. The van der Waals surface area contributed by atoms with Crippen LogP contribution in [0, 0.1) is 11.3 Å². The number of hydrogen-bond donors (Lipinski definition) is 1. The van der Waals surface area contributed by atoms with Crippen LogP contribution < -0.4 is 0 Å². The Hall–Kier alpha value is -2.35. The molecule has 0 unspecified atom stereocenters. The van der Waals surface area contributed by atoms with E-state index in [1.807, 2.05) is 6.07 Å². The summed E-state index contributed by atoms with van der Waals surface area (Å²) in [7, 11) is 1.21. The summed E-state index contributed by atoms with van der Waals surface area (Å²) in [6.07, 6.45) is 0.0467. The molecule has 0 aliphatic rings. The first-order chi connectivity index (χ1) is 7.58. The molecule has 16 heavy (non-hydrogen) atoms. The van der Waals surface area contributed by atoms with Gasteiger partial charge in [0.05, 0.1) is 30.7 Å². The van der Waals surface area contributed by atoms with Gasteiger partial charge >= 0.3 is 11.9 Å². The molecule has 0 saturated carbocycles. The van der Waals surface area contributed by atoms with E-state index in [9.17, 15) is 9.59 Å². The fraction of sp³-hybridized carbons (Fsp3) is 0.182. The lowest BCUT2D eigenvalue weighted by Gasteiger charge is -2.03. The van der Waals surface area contributed by atoms with Gasteiger partial charge in [0, 0.05) is 0 Å². The fourth-order valence-electron chi connectivity index (χ4n) is 1.24. The highest BCUT2D eigenvalue weighted by atomic mass is 16.5. The first-order valence-corrected chi connectivity index (χ1v) is 4.41. The average molecular weight is 219 g/mol. The molecule has 0 aliphatic heterocycles. The van der Waals surface area contributed by atoms with E-state index in [0.29, 0.717) is 5.56 Å². The van der Waals surface area contributed by atoms with E-state index in [1.165, 1.54) is 25.3 Å². The number of carbonyl (C=O) groups is 2. The van der Waals surface area contributed by atoms with Gasteiger partial charge in [0.1, 0.15) is 0 Å². The summed E-state index contributed by atoms with van der Waals surface area (Å²) < 4.78 is 4.49. The Bertz CT molecular complexity index is 473. The molecule has 0 saturated heterocycles. The molecule has 5 nitrogen and oxygen atoms in total. The lowest BCUT2D eigenvalue weighted by Crippen LogP contribution is -2.06. The number of esters is 1. The predicted octanol–water partition coefficient (Wildman–Crippen LogP) is 1.24. The van der Waals surface area contributed by atoms with Crippen molar-refractivity contribution in [2.24, 2.45) is 0 Å². The molecule has 0 aliphatic carbocycles. The normalized spacial score (nSPS) is 9.25. The minimum Gasteiger partial charge on any atom is -0.478 e. The molecule has 1 aromatic rings. The maximum atomic E-state index is 11.2. The molecule has 0 atom stereocenters. The van der Waals surface area contributed by atoms with Crippen molar-refractivity contribution >= 4 is 11.9 Å². The number of ether oxygens (including phenoxy) is 1. The number of benzene rings is 1. The van der Waals surface area contributed by atoms with Crippen LogP contribution in [0.1, 0.15) is 26.3 Å². The van der Waals surface area contributed by atoms with Crippen molar-refractivity contribution in [3.05, 3.63) is 34.9 Å². The fourth-order valence-corrected chi connectivity index (χ4v) is 1.24. The number of hydrogen-bond acceptors (Lipinski definition) is 4. The van der Waals surface area contributed by atoms with Crippen molar-refractivity contribution in [1.29, 1.82) is 5.26 Å². The molecule has 0 aromatic heterocycles. The van der Waals surface area contributed by atoms with E-state index >= 15 is 0 Å². The number of carboxylic acid groups (broad SMARTS) is 1. The van der Waals surface area contributed by atoms with E-state index in [1.54, 1.807) is 0 Å². The first-order valence-electron chi connectivity index (χ1n) is 4.41. The summed E-state index contributed by atoms with van der Waals surface area (Å²) in [4.78, 5) is 22.0. The zero-order valence-electron chi connectivity index (χ0n) is 8.56. The summed E-state index contributed by atoms with van der Waals surface area (Å²) in [6.45, 7) is 0. The quantitative estimate of drug-likeness (QED) is 0.772. The standard InChI is InChI=1S/C11H9NO4/c1-16-11(15)9-5-7(2-3-12)4-8(6-9)10(13)14/h4-6H,2H2,1H3,(H,13,14). The second-order valence-corrected chi connectivity index (χ2v) is 3.05. The minimum absolute atomic E-state index is 0.0341. The number of nitrogens with zero attached hydrogens (tertiary/aromatic N) is 1. The zero-order valence-corrected chi connectivity index (χ0v) is 8.56. The van der Waals surface area contributed by atoms with E-state index in [-0.39, 0.29) is 17.5 Å². The van der Waals surface area contributed by atoms with E-state index in [2.05, 4.69) is 4.74 Å². The Balaban J connectivity index is 3.24. The maximum absolute atomic E-state index is 11.2. The topological polar surface area (TPSA) is 87.4 Å². The number of nitriles is 1. The van der Waals surface area contributed by atoms with Crippen molar-refractivity contribution in [2.75, 3.05) is 7.11 Å². The van der Waals surface area contributed by atoms with Gasteiger partial charge in [-0.2, -0.15) is 5.26 Å². The van der Waals surface area contributed by atoms with Gasteiger partial charge in [-0.05, 0) is 23.8 Å². The van der Waals surface area contributed by atoms with Crippen LogP contribution in [0.25, 0.3) is 0 Å². The van der Waals surface area contributed by atoms with Crippen LogP contribution >= 0.6 is 0 Å². The van der Waals surface area contributed by atoms with Gasteiger partial charge in [0.25, 0.3) is 0 Å². The van der Waals surface area contributed by atoms with Gasteiger partial charge in [-0.1, -0.05) is 0 Å². The van der Waals surface area contributed by atoms with Gasteiger partial charge in [-0.3, -0.25) is 0 Å². The van der Waals surface area contributed by atoms with Gasteiger partial charge in [-0.25, -0.2) is 9.59 Å². The van der Waals surface area contributed by atoms with Crippen molar-refractivity contribution in [2.45, 2.75) is 6.42 Å². The highest BCUT2D eigenvalue weighted by Crippen LogP contribution is 2.12. The molecule has 0 bridgehead atoms.